The highest BCUT2D eigenvalue weighted by molar-refractivity contribution is 14.1. The molecule has 0 atom stereocenters. The molecule has 1 aromatic carbocycles. The van der Waals surface area contributed by atoms with Crippen molar-refractivity contribution in [2.24, 2.45) is 0 Å². The van der Waals surface area contributed by atoms with E-state index in [1.54, 1.807) is 6.20 Å². The second kappa shape index (κ2) is 3.26. The van der Waals surface area contributed by atoms with Crippen LogP contribution in [0.5, 0.6) is 0 Å². The van der Waals surface area contributed by atoms with Gasteiger partial charge in [0.05, 0.1) is 5.69 Å². The number of halogens is 1. The molecule has 2 aromatic rings. The van der Waals surface area contributed by atoms with Crippen LogP contribution in [-0.4, -0.2) is 10.2 Å². The van der Waals surface area contributed by atoms with Gasteiger partial charge in [-0.3, -0.25) is 5.10 Å². The minimum absolute atomic E-state index is 1.06. The van der Waals surface area contributed by atoms with Crippen LogP contribution >= 0.6 is 22.6 Å². The molecule has 12 heavy (non-hydrogen) atoms. The first kappa shape index (κ1) is 7.79. The zero-order valence-electron chi connectivity index (χ0n) is 6.29. The summed E-state index contributed by atoms with van der Waals surface area (Å²) in [5.74, 6) is 0. The summed E-state index contributed by atoms with van der Waals surface area (Å²) in [5, 5.41) is 6.81. The van der Waals surface area contributed by atoms with Gasteiger partial charge < -0.3 is 0 Å². The summed E-state index contributed by atoms with van der Waals surface area (Å²) in [4.78, 5) is 0. The van der Waals surface area contributed by atoms with Gasteiger partial charge >= 0.3 is 0 Å². The van der Waals surface area contributed by atoms with Crippen molar-refractivity contribution in [3.8, 4) is 11.3 Å². The lowest BCUT2D eigenvalue weighted by Gasteiger charge is -1.95. The first-order valence-corrected chi connectivity index (χ1v) is 4.69. The van der Waals surface area contributed by atoms with Crippen LogP contribution in [-0.2, 0) is 0 Å². The van der Waals surface area contributed by atoms with E-state index in [1.165, 1.54) is 9.13 Å². The normalized spacial score (nSPS) is 10.1. The Balaban J connectivity index is 2.43. The summed E-state index contributed by atoms with van der Waals surface area (Å²) < 4.78 is 1.25. The minimum atomic E-state index is 1.06. The van der Waals surface area contributed by atoms with Gasteiger partial charge in [-0.2, -0.15) is 5.10 Å². The first-order chi connectivity index (χ1) is 5.86. The third-order valence-corrected chi connectivity index (χ3v) is 2.38. The number of benzene rings is 1. The number of rotatable bonds is 1. The SMILES string of the molecule is Ic1ccc(-c2ccn[nH]2)cc1. The van der Waals surface area contributed by atoms with Crippen LogP contribution in [0.3, 0.4) is 0 Å². The molecule has 1 N–H and O–H groups in total. The van der Waals surface area contributed by atoms with Crippen molar-refractivity contribution in [2.45, 2.75) is 0 Å². The van der Waals surface area contributed by atoms with E-state index in [2.05, 4.69) is 57.1 Å². The van der Waals surface area contributed by atoms with Crippen LogP contribution in [0.4, 0.5) is 0 Å². The maximum atomic E-state index is 3.89. The van der Waals surface area contributed by atoms with Crippen LogP contribution in [0, 0.1) is 3.57 Å². The molecule has 0 saturated carbocycles. The van der Waals surface area contributed by atoms with E-state index in [0.717, 1.165) is 5.69 Å². The molecule has 3 heteroatoms. The van der Waals surface area contributed by atoms with Gasteiger partial charge in [-0.25, -0.2) is 0 Å². The predicted molar refractivity (Wildman–Crippen MR) is 56.7 cm³/mol. The highest BCUT2D eigenvalue weighted by Gasteiger charge is 1.96. The molecular weight excluding hydrogens is 263 g/mol. The van der Waals surface area contributed by atoms with Gasteiger partial charge in [0, 0.05) is 9.77 Å². The molecule has 0 aliphatic rings. The van der Waals surface area contributed by atoms with Crippen LogP contribution in [0.2, 0.25) is 0 Å². The molecule has 0 aliphatic carbocycles. The number of hydrogen-bond acceptors (Lipinski definition) is 1. The molecule has 0 radical (unpaired) electrons. The monoisotopic (exact) mass is 270 g/mol. The topological polar surface area (TPSA) is 28.7 Å². The highest BCUT2D eigenvalue weighted by atomic mass is 127. The van der Waals surface area contributed by atoms with Gasteiger partial charge in [-0.15, -0.1) is 0 Å². The summed E-state index contributed by atoms with van der Waals surface area (Å²) in [6, 6.07) is 10.3. The molecule has 0 aliphatic heterocycles. The molecule has 0 amide bonds. The maximum Gasteiger partial charge on any atom is 0.0650 e. The molecule has 1 aromatic heterocycles. The number of H-pyrrole nitrogens is 1. The van der Waals surface area contributed by atoms with Crippen molar-refractivity contribution < 1.29 is 0 Å². The lowest BCUT2D eigenvalue weighted by atomic mass is 10.2. The van der Waals surface area contributed by atoms with Crippen LogP contribution < -0.4 is 0 Å². The van der Waals surface area contributed by atoms with Gasteiger partial charge in [0.15, 0.2) is 0 Å². The zero-order chi connectivity index (χ0) is 8.39. The van der Waals surface area contributed by atoms with Gasteiger partial charge in [0.25, 0.3) is 0 Å². The summed E-state index contributed by atoms with van der Waals surface area (Å²) in [5.41, 5.74) is 2.24. The largest absolute Gasteiger partial charge is 0.278 e. The predicted octanol–water partition coefficient (Wildman–Crippen LogP) is 2.68. The molecule has 2 rings (SSSR count). The molecule has 2 nitrogen and oxygen atoms in total. The lowest BCUT2D eigenvalue weighted by Crippen LogP contribution is -1.77. The van der Waals surface area contributed by atoms with E-state index in [9.17, 15) is 0 Å². The van der Waals surface area contributed by atoms with E-state index in [-0.39, 0.29) is 0 Å². The number of nitrogens with one attached hydrogen (secondary N) is 1. The van der Waals surface area contributed by atoms with Crippen molar-refractivity contribution >= 4 is 22.6 Å². The zero-order valence-corrected chi connectivity index (χ0v) is 8.45. The third-order valence-electron chi connectivity index (χ3n) is 1.66. The summed E-state index contributed by atoms with van der Waals surface area (Å²) in [7, 11) is 0. The fourth-order valence-corrected chi connectivity index (χ4v) is 1.41. The number of aromatic nitrogens is 2. The van der Waals surface area contributed by atoms with Crippen LogP contribution in [0.1, 0.15) is 0 Å². The molecule has 60 valence electrons. The minimum Gasteiger partial charge on any atom is -0.278 e. The molecule has 0 unspecified atom stereocenters. The maximum absolute atomic E-state index is 3.89. The molecule has 0 fully saturated rings. The number of aromatic amines is 1. The van der Waals surface area contributed by atoms with Crippen molar-refractivity contribution in [1.82, 2.24) is 10.2 Å². The Bertz CT molecular complexity index is 351. The third kappa shape index (κ3) is 1.50. The van der Waals surface area contributed by atoms with Gasteiger partial charge in [0.2, 0.25) is 0 Å². The Labute approximate surface area is 84.1 Å². The summed E-state index contributed by atoms with van der Waals surface area (Å²) in [6.07, 6.45) is 1.76. The quantitative estimate of drug-likeness (QED) is 0.793. The van der Waals surface area contributed by atoms with E-state index >= 15 is 0 Å². The van der Waals surface area contributed by atoms with Crippen LogP contribution in [0.15, 0.2) is 36.5 Å². The van der Waals surface area contributed by atoms with Crippen molar-refractivity contribution in [3.63, 3.8) is 0 Å². The Morgan fingerprint density at radius 1 is 1.08 bits per heavy atom. The number of nitrogens with zero attached hydrogens (tertiary/aromatic N) is 1. The van der Waals surface area contributed by atoms with Crippen LogP contribution in [0.25, 0.3) is 11.3 Å². The van der Waals surface area contributed by atoms with Gasteiger partial charge in [-0.1, -0.05) is 12.1 Å². The fourth-order valence-electron chi connectivity index (χ4n) is 1.05. The summed E-state index contributed by atoms with van der Waals surface area (Å²) >= 11 is 2.29. The van der Waals surface area contributed by atoms with E-state index in [0.29, 0.717) is 0 Å². The second-order valence-electron chi connectivity index (χ2n) is 2.48. The number of hydrogen-bond donors (Lipinski definition) is 1. The highest BCUT2D eigenvalue weighted by Crippen LogP contribution is 2.16. The molecule has 1 heterocycles. The Morgan fingerprint density at radius 3 is 2.42 bits per heavy atom. The molecule has 0 spiro atoms. The van der Waals surface area contributed by atoms with E-state index in [4.69, 9.17) is 0 Å². The Hall–Kier alpha value is -0.840. The molecule has 0 bridgehead atoms. The van der Waals surface area contributed by atoms with E-state index in [1.807, 2.05) is 6.07 Å². The fraction of sp³-hybridized carbons (Fsp3) is 0. The lowest BCUT2D eigenvalue weighted by molar-refractivity contribution is 1.10. The smallest absolute Gasteiger partial charge is 0.0650 e. The molecule has 0 saturated heterocycles. The average molecular weight is 270 g/mol. The first-order valence-electron chi connectivity index (χ1n) is 3.61. The second-order valence-corrected chi connectivity index (χ2v) is 3.72. The van der Waals surface area contributed by atoms with Crippen molar-refractivity contribution in [3.05, 3.63) is 40.1 Å². The van der Waals surface area contributed by atoms with Gasteiger partial charge in [-0.05, 0) is 46.4 Å². The molecular formula is C9H7IN2. The average Bonchev–Trinajstić information content (AvgIpc) is 2.58. The van der Waals surface area contributed by atoms with Crippen molar-refractivity contribution in [2.75, 3.05) is 0 Å². The Morgan fingerprint density at radius 2 is 1.83 bits per heavy atom. The standard InChI is InChI=1S/C9H7IN2/c10-8-3-1-7(2-4-8)9-5-6-11-12-9/h1-6H,(H,11,12). The summed E-state index contributed by atoms with van der Waals surface area (Å²) in [6.45, 7) is 0. The van der Waals surface area contributed by atoms with E-state index < -0.39 is 0 Å². The van der Waals surface area contributed by atoms with Gasteiger partial charge in [0.1, 0.15) is 0 Å². The van der Waals surface area contributed by atoms with Crippen molar-refractivity contribution in [1.29, 1.82) is 0 Å². The Kier molecular flexibility index (Phi) is 2.12.